The SMILES string of the molecule is O=C(O)Cc1ccccc1O.[Fe].[H-].[Na+]. The van der Waals surface area contributed by atoms with Crippen LogP contribution in [0.1, 0.15) is 6.99 Å². The number of hydrogen-bond donors (Lipinski definition) is 2. The number of carboxylic acid groups (broad SMARTS) is 1. The minimum Gasteiger partial charge on any atom is -1.00 e. The zero-order valence-corrected chi connectivity index (χ0v) is 10.3. The topological polar surface area (TPSA) is 57.5 Å². The van der Waals surface area contributed by atoms with E-state index in [9.17, 15) is 4.79 Å². The van der Waals surface area contributed by atoms with Crippen molar-refractivity contribution in [2.45, 2.75) is 6.42 Å². The summed E-state index contributed by atoms with van der Waals surface area (Å²) in [4.78, 5) is 10.2. The third-order valence-electron chi connectivity index (χ3n) is 1.33. The van der Waals surface area contributed by atoms with Crippen molar-refractivity contribution in [3.63, 3.8) is 0 Å². The van der Waals surface area contributed by atoms with Crippen molar-refractivity contribution in [2.24, 2.45) is 0 Å². The molecule has 5 heteroatoms. The van der Waals surface area contributed by atoms with E-state index in [-0.39, 0.29) is 60.2 Å². The standard InChI is InChI=1S/C8H8O3.Fe.Na.H/c9-7-4-2-1-3-6(7)5-8(10)11;;;/h1-4,9H,5H2,(H,10,11);;;/q;;+1;-1. The average molecular weight is 232 g/mol. The van der Waals surface area contributed by atoms with E-state index < -0.39 is 5.97 Å². The summed E-state index contributed by atoms with van der Waals surface area (Å²) in [6, 6.07) is 6.40. The Hall–Kier alpha value is 0.00948. The smallest absolute Gasteiger partial charge is 1.00 e. The number of phenolic OH excluding ortho intramolecular Hbond substituents is 1. The average Bonchev–Trinajstić information content (AvgIpc) is 1.93. The molecule has 1 aromatic rings. The van der Waals surface area contributed by atoms with E-state index in [2.05, 4.69) is 0 Å². The quantitative estimate of drug-likeness (QED) is 0.587. The second-order valence-corrected chi connectivity index (χ2v) is 2.20. The van der Waals surface area contributed by atoms with E-state index in [1.807, 2.05) is 0 Å². The zero-order chi connectivity index (χ0) is 8.27. The van der Waals surface area contributed by atoms with Crippen LogP contribution in [0, 0.1) is 0 Å². The molecule has 0 aliphatic rings. The Morgan fingerprint density at radius 1 is 1.38 bits per heavy atom. The van der Waals surface area contributed by atoms with Gasteiger partial charge in [0, 0.05) is 22.6 Å². The molecule has 2 N–H and O–H groups in total. The molecule has 0 aromatic heterocycles. The van der Waals surface area contributed by atoms with E-state index in [1.165, 1.54) is 6.07 Å². The molecule has 0 saturated carbocycles. The molecule has 1 rings (SSSR count). The molecule has 0 amide bonds. The van der Waals surface area contributed by atoms with Crippen LogP contribution in [0.3, 0.4) is 0 Å². The molecular weight excluding hydrogens is 223 g/mol. The van der Waals surface area contributed by atoms with E-state index >= 15 is 0 Å². The van der Waals surface area contributed by atoms with Crippen molar-refractivity contribution >= 4 is 5.97 Å². The fourth-order valence-corrected chi connectivity index (χ4v) is 0.823. The van der Waals surface area contributed by atoms with Gasteiger partial charge in [0.1, 0.15) is 5.75 Å². The van der Waals surface area contributed by atoms with Crippen LogP contribution in [0.5, 0.6) is 5.75 Å². The number of carbonyl (C=O) groups is 1. The summed E-state index contributed by atoms with van der Waals surface area (Å²) in [6.07, 6.45) is -0.132. The van der Waals surface area contributed by atoms with Crippen LogP contribution >= 0.6 is 0 Å². The number of benzene rings is 1. The van der Waals surface area contributed by atoms with Crippen LogP contribution < -0.4 is 29.6 Å². The van der Waals surface area contributed by atoms with Gasteiger partial charge in [0.25, 0.3) is 0 Å². The van der Waals surface area contributed by atoms with Crippen molar-refractivity contribution in [1.82, 2.24) is 0 Å². The summed E-state index contributed by atoms with van der Waals surface area (Å²) in [5.41, 5.74) is 0.444. The molecule has 68 valence electrons. The molecule has 0 unspecified atom stereocenters. The molecule has 0 aliphatic carbocycles. The molecule has 0 radical (unpaired) electrons. The zero-order valence-electron chi connectivity index (χ0n) is 8.17. The molecule has 0 aliphatic heterocycles. The van der Waals surface area contributed by atoms with Crippen molar-refractivity contribution in [1.29, 1.82) is 0 Å². The van der Waals surface area contributed by atoms with Gasteiger partial charge in [-0.2, -0.15) is 0 Å². The van der Waals surface area contributed by atoms with Crippen LogP contribution in [-0.2, 0) is 28.3 Å². The number of phenols is 1. The Labute approximate surface area is 110 Å². The van der Waals surface area contributed by atoms with Crippen molar-refractivity contribution in [3.05, 3.63) is 29.8 Å². The molecule has 0 saturated heterocycles. The second-order valence-electron chi connectivity index (χ2n) is 2.20. The molecule has 0 atom stereocenters. The maximum Gasteiger partial charge on any atom is 1.00 e. The van der Waals surface area contributed by atoms with Gasteiger partial charge in [0.2, 0.25) is 0 Å². The molecule has 0 fully saturated rings. The first-order valence-corrected chi connectivity index (χ1v) is 3.19. The van der Waals surface area contributed by atoms with Gasteiger partial charge < -0.3 is 11.6 Å². The third kappa shape index (κ3) is 5.34. The minimum atomic E-state index is -0.938. The summed E-state index contributed by atoms with van der Waals surface area (Å²) in [7, 11) is 0. The van der Waals surface area contributed by atoms with E-state index in [0.717, 1.165) is 0 Å². The largest absolute Gasteiger partial charge is 1.00 e. The van der Waals surface area contributed by atoms with Crippen LogP contribution in [-0.4, -0.2) is 16.2 Å². The van der Waals surface area contributed by atoms with Gasteiger partial charge in [-0.15, -0.1) is 0 Å². The Morgan fingerprint density at radius 3 is 2.38 bits per heavy atom. The summed E-state index contributed by atoms with van der Waals surface area (Å²) in [5, 5.41) is 17.5. The van der Waals surface area contributed by atoms with Gasteiger partial charge >= 0.3 is 35.5 Å². The molecule has 0 heterocycles. The van der Waals surface area contributed by atoms with Crippen LogP contribution in [0.2, 0.25) is 0 Å². The number of hydrogen-bond acceptors (Lipinski definition) is 2. The summed E-state index contributed by atoms with van der Waals surface area (Å²) < 4.78 is 0. The Morgan fingerprint density at radius 2 is 1.92 bits per heavy atom. The Bertz CT molecular complexity index is 283. The van der Waals surface area contributed by atoms with Crippen LogP contribution in [0.4, 0.5) is 0 Å². The fraction of sp³-hybridized carbons (Fsp3) is 0.125. The van der Waals surface area contributed by atoms with Crippen molar-refractivity contribution < 1.29 is 63.1 Å². The normalized spacial score (nSPS) is 8.00. The summed E-state index contributed by atoms with van der Waals surface area (Å²) in [6.45, 7) is 0. The van der Waals surface area contributed by atoms with Crippen molar-refractivity contribution in [3.8, 4) is 5.75 Å². The minimum absolute atomic E-state index is 0. The Balaban J connectivity index is -0.000000403. The maximum atomic E-state index is 10.2. The first-order valence-electron chi connectivity index (χ1n) is 3.19. The van der Waals surface area contributed by atoms with Crippen LogP contribution in [0.25, 0.3) is 0 Å². The second kappa shape index (κ2) is 7.42. The monoisotopic (exact) mass is 232 g/mol. The molecule has 13 heavy (non-hydrogen) atoms. The summed E-state index contributed by atoms with van der Waals surface area (Å²) in [5.74, 6) is -0.901. The van der Waals surface area contributed by atoms with E-state index in [1.54, 1.807) is 18.2 Å². The fourth-order valence-electron chi connectivity index (χ4n) is 0.823. The van der Waals surface area contributed by atoms with Gasteiger partial charge in [-0.25, -0.2) is 0 Å². The number of aliphatic carboxylic acids is 1. The van der Waals surface area contributed by atoms with Gasteiger partial charge in [-0.1, -0.05) is 18.2 Å². The van der Waals surface area contributed by atoms with Gasteiger partial charge in [0.05, 0.1) is 6.42 Å². The maximum absolute atomic E-state index is 10.2. The van der Waals surface area contributed by atoms with Crippen LogP contribution in [0.15, 0.2) is 24.3 Å². The first-order chi connectivity index (χ1) is 5.20. The molecule has 0 spiro atoms. The van der Waals surface area contributed by atoms with E-state index in [0.29, 0.717) is 5.56 Å². The predicted octanol–water partition coefficient (Wildman–Crippen LogP) is -1.87. The molecule has 0 bridgehead atoms. The van der Waals surface area contributed by atoms with E-state index in [4.69, 9.17) is 10.2 Å². The number of rotatable bonds is 2. The number of carboxylic acids is 1. The van der Waals surface area contributed by atoms with Crippen molar-refractivity contribution in [2.75, 3.05) is 0 Å². The molecule has 1 aromatic carbocycles. The van der Waals surface area contributed by atoms with Gasteiger partial charge in [-0.05, 0) is 6.07 Å². The third-order valence-corrected chi connectivity index (χ3v) is 1.33. The molecular formula is C8H9FeNaO3. The van der Waals surface area contributed by atoms with Gasteiger partial charge in [0.15, 0.2) is 0 Å². The summed E-state index contributed by atoms with van der Waals surface area (Å²) >= 11 is 0. The molecule has 3 nitrogen and oxygen atoms in total. The predicted molar refractivity (Wildman–Crippen MR) is 40.6 cm³/mol. The number of para-hydroxylation sites is 1. The Kier molecular flexibility index (Phi) is 8.83. The van der Waals surface area contributed by atoms with Gasteiger partial charge in [-0.3, -0.25) is 4.79 Å². The first kappa shape index (κ1) is 15.5. The number of aromatic hydroxyl groups is 1.